The van der Waals surface area contributed by atoms with Crippen LogP contribution in [0, 0.1) is 0 Å². The molecule has 10 heteroatoms. The fourth-order valence-corrected chi connectivity index (χ4v) is 9.96. The molecule has 0 aromatic rings. The van der Waals surface area contributed by atoms with Crippen molar-refractivity contribution in [2.75, 3.05) is 17.3 Å². The Hall–Kier alpha value is 0.259. The summed E-state index contributed by atoms with van der Waals surface area (Å²) in [6.07, 6.45) is 5.97. The van der Waals surface area contributed by atoms with Crippen LogP contribution in [0.1, 0.15) is 45.4 Å². The monoisotopic (exact) mass is 506 g/mol. The zero-order chi connectivity index (χ0) is 18.4. The maximum atomic E-state index is 11.7. The topological polar surface area (TPSA) is 78.9 Å². The molecule has 0 spiro atoms. The molecule has 0 heterocycles. The number of rotatable bonds is 13. The van der Waals surface area contributed by atoms with Crippen LogP contribution in [-0.2, 0) is 23.6 Å². The first kappa shape index (κ1) is 24.3. The molecule has 24 heavy (non-hydrogen) atoms. The molecule has 0 aliphatic carbocycles. The second-order valence-corrected chi connectivity index (χ2v) is 13.1. The number of carbonyl (C=O) groups is 3. The normalized spacial score (nSPS) is 11.0. The third-order valence-corrected chi connectivity index (χ3v) is 11.2. The summed E-state index contributed by atoms with van der Waals surface area (Å²) in [6.45, 7) is 2.13. The van der Waals surface area contributed by atoms with E-state index in [0.717, 1.165) is 32.1 Å². The SMILES string of the molecule is CCCCCCC[CH2][Sn]([O]C(=O)CS)([O]C(=O)CS)[O]C(=O)CS. The summed E-state index contributed by atoms with van der Waals surface area (Å²) in [5.74, 6) is -2.57. The first-order valence-electron chi connectivity index (χ1n) is 7.91. The van der Waals surface area contributed by atoms with Crippen molar-refractivity contribution < 1.29 is 23.6 Å². The number of carbonyl (C=O) groups excluding carboxylic acids is 3. The van der Waals surface area contributed by atoms with Crippen molar-refractivity contribution in [2.24, 2.45) is 0 Å². The maximum absolute atomic E-state index is 11.7. The van der Waals surface area contributed by atoms with E-state index >= 15 is 0 Å². The Kier molecular flexibility index (Phi) is 14.6. The predicted molar refractivity (Wildman–Crippen MR) is 104 cm³/mol. The molecule has 6 nitrogen and oxygen atoms in total. The zero-order valence-corrected chi connectivity index (χ0v) is 19.4. The molecule has 0 saturated carbocycles. The molecule has 140 valence electrons. The first-order valence-corrected chi connectivity index (χ1v) is 15.3. The Morgan fingerprint density at radius 3 is 1.46 bits per heavy atom. The molecule has 0 saturated heterocycles. The van der Waals surface area contributed by atoms with Gasteiger partial charge in [0.25, 0.3) is 0 Å². The van der Waals surface area contributed by atoms with Crippen molar-refractivity contribution in [2.45, 2.75) is 49.9 Å². The van der Waals surface area contributed by atoms with Crippen molar-refractivity contribution in [1.29, 1.82) is 0 Å². The summed E-state index contributed by atoms with van der Waals surface area (Å²) in [6, 6.07) is 0. The average Bonchev–Trinajstić information content (AvgIpc) is 2.57. The van der Waals surface area contributed by atoms with Gasteiger partial charge < -0.3 is 0 Å². The number of unbranched alkanes of at least 4 members (excludes halogenated alkanes) is 5. The van der Waals surface area contributed by atoms with Crippen LogP contribution in [0.4, 0.5) is 0 Å². The number of hydrogen-bond acceptors (Lipinski definition) is 9. The van der Waals surface area contributed by atoms with E-state index in [-0.39, 0.29) is 21.7 Å². The fourth-order valence-electron chi connectivity index (χ4n) is 1.95. The van der Waals surface area contributed by atoms with E-state index in [1.54, 1.807) is 0 Å². The molecule has 0 aliphatic rings. The Morgan fingerprint density at radius 2 is 1.08 bits per heavy atom. The summed E-state index contributed by atoms with van der Waals surface area (Å²) in [5.41, 5.74) is 0. The van der Waals surface area contributed by atoms with Crippen LogP contribution in [0.25, 0.3) is 0 Å². The van der Waals surface area contributed by atoms with E-state index in [1.165, 1.54) is 0 Å². The van der Waals surface area contributed by atoms with Gasteiger partial charge in [0.1, 0.15) is 0 Å². The molecule has 0 fully saturated rings. The summed E-state index contributed by atoms with van der Waals surface area (Å²) in [4.78, 5) is 35.0. The zero-order valence-electron chi connectivity index (χ0n) is 13.9. The van der Waals surface area contributed by atoms with Crippen molar-refractivity contribution in [3.8, 4) is 0 Å². The van der Waals surface area contributed by atoms with Crippen LogP contribution in [0.3, 0.4) is 0 Å². The van der Waals surface area contributed by atoms with Crippen LogP contribution in [-0.4, -0.2) is 54.8 Å². The Morgan fingerprint density at radius 1 is 0.708 bits per heavy atom. The van der Waals surface area contributed by atoms with Crippen molar-refractivity contribution in [3.63, 3.8) is 0 Å². The summed E-state index contributed by atoms with van der Waals surface area (Å²) >= 11 is 6.85. The van der Waals surface area contributed by atoms with E-state index in [9.17, 15) is 14.4 Å². The average molecular weight is 505 g/mol. The molecule has 0 bridgehead atoms. The van der Waals surface area contributed by atoms with Crippen molar-refractivity contribution in [1.82, 2.24) is 0 Å². The minimum atomic E-state index is -4.70. The Bertz CT molecular complexity index is 362. The van der Waals surface area contributed by atoms with E-state index in [0.29, 0.717) is 6.42 Å². The van der Waals surface area contributed by atoms with Crippen LogP contribution < -0.4 is 0 Å². The standard InChI is InChI=1S/C8H17.3C2H4O2S.Sn/c1-3-5-7-8-6-4-2;3*3-2(4)1-5;/h1,3-8H2,2H3;3*5H,1H2,(H,3,4);/q;;;;+3/p-3. The van der Waals surface area contributed by atoms with Gasteiger partial charge in [-0.1, -0.05) is 0 Å². The van der Waals surface area contributed by atoms with Gasteiger partial charge in [-0.3, -0.25) is 0 Å². The van der Waals surface area contributed by atoms with E-state index in [2.05, 4.69) is 44.8 Å². The molecule has 0 aromatic carbocycles. The molecule has 0 atom stereocenters. The van der Waals surface area contributed by atoms with E-state index in [4.69, 9.17) is 9.22 Å². The van der Waals surface area contributed by atoms with E-state index < -0.39 is 37.5 Å². The van der Waals surface area contributed by atoms with Gasteiger partial charge in [-0.05, 0) is 0 Å². The third-order valence-electron chi connectivity index (χ3n) is 3.03. The second kappa shape index (κ2) is 14.4. The molecule has 0 aromatic heterocycles. The van der Waals surface area contributed by atoms with Gasteiger partial charge in [0.05, 0.1) is 0 Å². The molecule has 0 aliphatic heterocycles. The molecule has 0 amide bonds. The first-order chi connectivity index (χ1) is 11.4. The van der Waals surface area contributed by atoms with Gasteiger partial charge in [-0.25, -0.2) is 0 Å². The quantitative estimate of drug-likeness (QED) is 0.203. The second-order valence-electron chi connectivity index (χ2n) is 5.10. The number of hydrogen-bond donors (Lipinski definition) is 3. The van der Waals surface area contributed by atoms with Gasteiger partial charge in [-0.2, -0.15) is 0 Å². The minimum absolute atomic E-state index is 0.188. The van der Waals surface area contributed by atoms with Crippen LogP contribution in [0.5, 0.6) is 0 Å². The van der Waals surface area contributed by atoms with Gasteiger partial charge in [-0.15, -0.1) is 0 Å². The van der Waals surface area contributed by atoms with Gasteiger partial charge >= 0.3 is 166 Å². The summed E-state index contributed by atoms with van der Waals surface area (Å²) in [7, 11) is 0. The van der Waals surface area contributed by atoms with Crippen LogP contribution >= 0.6 is 37.9 Å². The third kappa shape index (κ3) is 11.0. The van der Waals surface area contributed by atoms with Gasteiger partial charge in [0, 0.05) is 0 Å². The molecule has 0 rings (SSSR count). The predicted octanol–water partition coefficient (Wildman–Crippen LogP) is 2.70. The summed E-state index contributed by atoms with van der Waals surface area (Å²) in [5, 5.41) is 0. The number of thiol groups is 3. The van der Waals surface area contributed by atoms with Crippen LogP contribution in [0.2, 0.25) is 4.44 Å². The van der Waals surface area contributed by atoms with E-state index in [1.807, 2.05) is 0 Å². The molecular weight excluding hydrogens is 479 g/mol. The van der Waals surface area contributed by atoms with Gasteiger partial charge in [0.15, 0.2) is 0 Å². The Labute approximate surface area is 165 Å². The van der Waals surface area contributed by atoms with Gasteiger partial charge in [0.2, 0.25) is 0 Å². The molecule has 0 unspecified atom stereocenters. The molecule has 0 radical (unpaired) electrons. The molecule has 0 N–H and O–H groups in total. The Balaban J connectivity index is 4.97. The van der Waals surface area contributed by atoms with Crippen molar-refractivity contribution >= 4 is 75.4 Å². The molecular formula is C14H26O6S3Sn. The van der Waals surface area contributed by atoms with Crippen molar-refractivity contribution in [3.05, 3.63) is 0 Å². The fraction of sp³-hybridized carbons (Fsp3) is 0.786. The summed E-state index contributed by atoms with van der Waals surface area (Å²) < 4.78 is 16.2. The van der Waals surface area contributed by atoms with Crippen LogP contribution in [0.15, 0.2) is 0 Å².